The van der Waals surface area contributed by atoms with E-state index < -0.39 is 26.0 Å². The largest absolute Gasteiger partial charge is 0.280 e. The SMILES string of the molecule is Cc1ccc(N2C(=O)CCS2(=O)=O)cc1S(=O)(=O)Nc1ccc(Br)cc1. The maximum Gasteiger partial charge on any atom is 0.262 e. The third kappa shape index (κ3) is 3.62. The van der Waals surface area contributed by atoms with Crippen molar-refractivity contribution in [1.29, 1.82) is 0 Å². The summed E-state index contributed by atoms with van der Waals surface area (Å²) in [6, 6.07) is 10.7. The number of carbonyl (C=O) groups excluding carboxylic acids is 1. The van der Waals surface area contributed by atoms with Crippen LogP contribution in [0.4, 0.5) is 11.4 Å². The maximum absolute atomic E-state index is 12.7. The molecule has 1 aliphatic heterocycles. The number of rotatable bonds is 4. The van der Waals surface area contributed by atoms with Gasteiger partial charge in [-0.3, -0.25) is 9.52 Å². The first kappa shape index (κ1) is 18.9. The molecule has 7 nitrogen and oxygen atoms in total. The van der Waals surface area contributed by atoms with Crippen LogP contribution in [0.2, 0.25) is 0 Å². The Balaban J connectivity index is 2.02. The molecule has 3 rings (SSSR count). The summed E-state index contributed by atoms with van der Waals surface area (Å²) in [7, 11) is -7.73. The van der Waals surface area contributed by atoms with Crippen molar-refractivity contribution in [3.05, 3.63) is 52.5 Å². The maximum atomic E-state index is 12.7. The smallest absolute Gasteiger partial charge is 0.262 e. The highest BCUT2D eigenvalue weighted by molar-refractivity contribution is 9.10. The summed E-state index contributed by atoms with van der Waals surface area (Å²) in [5, 5.41) is 0. The zero-order chi connectivity index (χ0) is 19.1. The van der Waals surface area contributed by atoms with E-state index in [-0.39, 0.29) is 22.8 Å². The van der Waals surface area contributed by atoms with Crippen LogP contribution in [0.25, 0.3) is 0 Å². The highest BCUT2D eigenvalue weighted by Gasteiger charge is 2.37. The van der Waals surface area contributed by atoms with E-state index in [2.05, 4.69) is 20.7 Å². The fourth-order valence-corrected chi connectivity index (χ4v) is 5.64. The molecule has 26 heavy (non-hydrogen) atoms. The summed E-state index contributed by atoms with van der Waals surface area (Å²) in [5.74, 6) is -0.850. The standard InChI is InChI=1S/C16H15BrN2O5S2/c1-11-2-7-14(19-16(20)8-9-25(19,21)22)10-15(11)26(23,24)18-13-5-3-12(17)4-6-13/h2-7,10,18H,8-9H2,1H3. The third-order valence-corrected chi connectivity index (χ3v) is 7.61. The average molecular weight is 459 g/mol. The lowest BCUT2D eigenvalue weighted by molar-refractivity contribution is -0.116. The Morgan fingerprint density at radius 3 is 2.35 bits per heavy atom. The Morgan fingerprint density at radius 1 is 1.12 bits per heavy atom. The van der Waals surface area contributed by atoms with Gasteiger partial charge in [-0.15, -0.1) is 0 Å². The van der Waals surface area contributed by atoms with Crippen LogP contribution in [-0.4, -0.2) is 28.5 Å². The van der Waals surface area contributed by atoms with Crippen LogP contribution >= 0.6 is 15.9 Å². The minimum absolute atomic E-state index is 0.0225. The lowest BCUT2D eigenvalue weighted by atomic mass is 10.2. The molecule has 138 valence electrons. The third-order valence-electron chi connectivity index (χ3n) is 3.87. The number of sulfonamides is 2. The zero-order valence-corrected chi connectivity index (χ0v) is 16.9. The van der Waals surface area contributed by atoms with Gasteiger partial charge in [0.2, 0.25) is 15.9 Å². The molecule has 1 saturated heterocycles. The van der Waals surface area contributed by atoms with Gasteiger partial charge in [0, 0.05) is 16.6 Å². The van der Waals surface area contributed by atoms with Gasteiger partial charge >= 0.3 is 0 Å². The Labute approximate surface area is 160 Å². The van der Waals surface area contributed by atoms with Gasteiger partial charge in [-0.2, -0.15) is 0 Å². The Kier molecular flexibility index (Phi) is 4.84. The van der Waals surface area contributed by atoms with Gasteiger partial charge in [0.1, 0.15) is 0 Å². The average Bonchev–Trinajstić information content (AvgIpc) is 2.83. The van der Waals surface area contributed by atoms with Crippen molar-refractivity contribution in [2.45, 2.75) is 18.2 Å². The van der Waals surface area contributed by atoms with Crippen LogP contribution < -0.4 is 9.03 Å². The van der Waals surface area contributed by atoms with Crippen molar-refractivity contribution in [3.8, 4) is 0 Å². The minimum Gasteiger partial charge on any atom is -0.280 e. The molecule has 0 saturated carbocycles. The fourth-order valence-electron chi connectivity index (χ4n) is 2.60. The molecular weight excluding hydrogens is 444 g/mol. The van der Waals surface area contributed by atoms with Gasteiger partial charge in [-0.25, -0.2) is 21.1 Å². The van der Waals surface area contributed by atoms with Crippen LogP contribution in [0, 0.1) is 6.92 Å². The topological polar surface area (TPSA) is 101 Å². The molecule has 1 N–H and O–H groups in total. The van der Waals surface area contributed by atoms with Crippen molar-refractivity contribution in [2.24, 2.45) is 0 Å². The van der Waals surface area contributed by atoms with E-state index in [1.54, 1.807) is 31.2 Å². The molecule has 1 aliphatic rings. The van der Waals surface area contributed by atoms with Crippen LogP contribution in [0.3, 0.4) is 0 Å². The molecule has 2 aromatic carbocycles. The number of anilines is 2. The molecule has 0 aromatic heterocycles. The second-order valence-electron chi connectivity index (χ2n) is 5.79. The van der Waals surface area contributed by atoms with Gasteiger partial charge in [0.15, 0.2) is 0 Å². The highest BCUT2D eigenvalue weighted by atomic mass is 79.9. The molecule has 0 spiro atoms. The van der Waals surface area contributed by atoms with E-state index in [4.69, 9.17) is 0 Å². The summed E-state index contributed by atoms with van der Waals surface area (Å²) in [5.41, 5.74) is 0.819. The number of nitrogens with zero attached hydrogens (tertiary/aromatic N) is 1. The van der Waals surface area contributed by atoms with Gasteiger partial charge in [-0.1, -0.05) is 22.0 Å². The molecule has 1 fully saturated rings. The summed E-state index contributed by atoms with van der Waals surface area (Å²) < 4.78 is 53.6. The van der Waals surface area contributed by atoms with Crippen molar-refractivity contribution in [3.63, 3.8) is 0 Å². The van der Waals surface area contributed by atoms with Gasteiger partial charge in [-0.05, 0) is 48.9 Å². The fraction of sp³-hybridized carbons (Fsp3) is 0.188. The molecule has 0 bridgehead atoms. The zero-order valence-electron chi connectivity index (χ0n) is 13.6. The molecule has 0 radical (unpaired) electrons. The molecular formula is C16H15BrN2O5S2. The molecule has 2 aromatic rings. The van der Waals surface area contributed by atoms with E-state index in [1.807, 2.05) is 0 Å². The van der Waals surface area contributed by atoms with E-state index >= 15 is 0 Å². The molecule has 1 heterocycles. The number of nitrogens with one attached hydrogen (secondary N) is 1. The summed E-state index contributed by atoms with van der Waals surface area (Å²) in [6.07, 6.45) is -0.116. The second kappa shape index (κ2) is 6.67. The quantitative estimate of drug-likeness (QED) is 0.758. The summed E-state index contributed by atoms with van der Waals surface area (Å²) >= 11 is 3.27. The monoisotopic (exact) mass is 458 g/mol. The van der Waals surface area contributed by atoms with Crippen LogP contribution in [0.1, 0.15) is 12.0 Å². The highest BCUT2D eigenvalue weighted by Crippen LogP contribution is 2.30. The molecule has 1 amide bonds. The van der Waals surface area contributed by atoms with Gasteiger partial charge < -0.3 is 0 Å². The first-order valence-electron chi connectivity index (χ1n) is 7.55. The number of benzene rings is 2. The van der Waals surface area contributed by atoms with E-state index in [1.165, 1.54) is 18.2 Å². The number of halogens is 1. The molecule has 0 unspecified atom stereocenters. The predicted molar refractivity (Wildman–Crippen MR) is 102 cm³/mol. The number of hydrogen-bond acceptors (Lipinski definition) is 5. The Hall–Kier alpha value is -1.91. The predicted octanol–water partition coefficient (Wildman–Crippen LogP) is 2.62. The number of hydrogen-bond donors (Lipinski definition) is 1. The van der Waals surface area contributed by atoms with Crippen molar-refractivity contribution >= 4 is 53.3 Å². The first-order valence-corrected chi connectivity index (χ1v) is 11.4. The van der Waals surface area contributed by atoms with Gasteiger partial charge in [0.05, 0.1) is 16.3 Å². The minimum atomic E-state index is -3.96. The van der Waals surface area contributed by atoms with Crippen LogP contribution in [0.15, 0.2) is 51.8 Å². The van der Waals surface area contributed by atoms with Crippen molar-refractivity contribution in [2.75, 3.05) is 14.8 Å². The molecule has 10 heteroatoms. The Morgan fingerprint density at radius 2 is 1.77 bits per heavy atom. The second-order valence-corrected chi connectivity index (χ2v) is 10.3. The van der Waals surface area contributed by atoms with Gasteiger partial charge in [0.25, 0.3) is 10.0 Å². The van der Waals surface area contributed by atoms with Crippen LogP contribution in [0.5, 0.6) is 0 Å². The number of amides is 1. The Bertz CT molecular complexity index is 1080. The number of aryl methyl sites for hydroxylation is 1. The summed E-state index contributed by atoms with van der Waals surface area (Å²) in [4.78, 5) is 11.8. The number of carbonyl (C=O) groups is 1. The van der Waals surface area contributed by atoms with Crippen molar-refractivity contribution < 1.29 is 21.6 Å². The van der Waals surface area contributed by atoms with Crippen molar-refractivity contribution in [1.82, 2.24) is 0 Å². The first-order chi connectivity index (χ1) is 12.1. The van der Waals surface area contributed by atoms with E-state index in [0.29, 0.717) is 15.6 Å². The van der Waals surface area contributed by atoms with Crippen LogP contribution in [-0.2, 0) is 24.8 Å². The van der Waals surface area contributed by atoms with E-state index in [9.17, 15) is 21.6 Å². The van der Waals surface area contributed by atoms with E-state index in [0.717, 1.165) is 4.47 Å². The molecule has 0 atom stereocenters. The lowest BCUT2D eigenvalue weighted by Crippen LogP contribution is -2.29. The normalized spacial score (nSPS) is 16.7. The molecule has 0 aliphatic carbocycles. The lowest BCUT2D eigenvalue weighted by Gasteiger charge is -2.17. The summed E-state index contributed by atoms with van der Waals surface area (Å²) in [6.45, 7) is 1.60.